The van der Waals surface area contributed by atoms with Crippen LogP contribution in [0.15, 0.2) is 10.6 Å². The summed E-state index contributed by atoms with van der Waals surface area (Å²) >= 11 is 0. The predicted molar refractivity (Wildman–Crippen MR) is 52.4 cm³/mol. The van der Waals surface area contributed by atoms with E-state index in [9.17, 15) is 4.79 Å². The smallest absolute Gasteiger partial charge is 0.322 e. The number of ether oxygens (including phenoxy) is 1. The van der Waals surface area contributed by atoms with Crippen molar-refractivity contribution in [3.8, 4) is 0 Å². The molecule has 0 aromatic carbocycles. The summed E-state index contributed by atoms with van der Waals surface area (Å²) in [7, 11) is 0. The van der Waals surface area contributed by atoms with E-state index in [1.54, 1.807) is 13.0 Å². The molecule has 1 aromatic heterocycles. The van der Waals surface area contributed by atoms with Crippen molar-refractivity contribution in [3.05, 3.63) is 11.8 Å². The summed E-state index contributed by atoms with van der Waals surface area (Å²) in [6.45, 7) is 2.46. The summed E-state index contributed by atoms with van der Waals surface area (Å²) in [4.78, 5) is 11.4. The molecule has 2 N–H and O–H groups in total. The Morgan fingerprint density at radius 2 is 2.53 bits per heavy atom. The number of nitrogens with zero attached hydrogens (tertiary/aromatic N) is 1. The minimum absolute atomic E-state index is 0.182. The van der Waals surface area contributed by atoms with Gasteiger partial charge in [0, 0.05) is 12.7 Å². The highest BCUT2D eigenvalue weighted by Gasteiger charge is 2.17. The van der Waals surface area contributed by atoms with Crippen molar-refractivity contribution in [1.29, 1.82) is 0 Å². The van der Waals surface area contributed by atoms with Crippen LogP contribution in [-0.4, -0.2) is 24.0 Å². The van der Waals surface area contributed by atoms with Gasteiger partial charge in [-0.05, 0) is 19.8 Å². The van der Waals surface area contributed by atoms with Crippen molar-refractivity contribution in [2.24, 2.45) is 0 Å². The van der Waals surface area contributed by atoms with E-state index in [2.05, 4.69) is 15.8 Å². The van der Waals surface area contributed by atoms with Crippen molar-refractivity contribution < 1.29 is 14.1 Å². The number of carbonyl (C=O) groups is 1. The maximum Gasteiger partial charge on any atom is 0.322 e. The molecule has 82 valence electrons. The topological polar surface area (TPSA) is 76.4 Å². The first-order chi connectivity index (χ1) is 7.24. The molecule has 1 saturated heterocycles. The molecule has 1 aromatic rings. The van der Waals surface area contributed by atoms with Crippen LogP contribution >= 0.6 is 0 Å². The Bertz CT molecular complexity index is 344. The SMILES string of the molecule is Cc1cc(NC(=O)NC2CCCO2)no1. The second-order valence-corrected chi connectivity index (χ2v) is 3.42. The Morgan fingerprint density at radius 1 is 1.67 bits per heavy atom. The van der Waals surface area contributed by atoms with Crippen molar-refractivity contribution >= 4 is 11.8 Å². The van der Waals surface area contributed by atoms with Gasteiger partial charge in [0.2, 0.25) is 0 Å². The Morgan fingerprint density at radius 3 is 3.13 bits per heavy atom. The fourth-order valence-electron chi connectivity index (χ4n) is 1.42. The first-order valence-corrected chi connectivity index (χ1v) is 4.86. The number of hydrogen-bond donors (Lipinski definition) is 2. The van der Waals surface area contributed by atoms with Crippen molar-refractivity contribution in [1.82, 2.24) is 10.5 Å². The normalized spacial score (nSPS) is 20.2. The van der Waals surface area contributed by atoms with Gasteiger partial charge in [0.15, 0.2) is 5.82 Å². The summed E-state index contributed by atoms with van der Waals surface area (Å²) < 4.78 is 10.1. The van der Waals surface area contributed by atoms with E-state index in [4.69, 9.17) is 9.26 Å². The number of amides is 2. The fraction of sp³-hybridized carbons (Fsp3) is 0.556. The third kappa shape index (κ3) is 2.69. The summed E-state index contributed by atoms with van der Waals surface area (Å²) in [5.74, 6) is 1.06. The first-order valence-electron chi connectivity index (χ1n) is 4.86. The number of urea groups is 1. The molecule has 2 amide bonds. The molecule has 6 nitrogen and oxygen atoms in total. The summed E-state index contributed by atoms with van der Waals surface area (Å²) in [5, 5.41) is 8.88. The second-order valence-electron chi connectivity index (χ2n) is 3.42. The number of nitrogens with one attached hydrogen (secondary N) is 2. The van der Waals surface area contributed by atoms with Crippen molar-refractivity contribution in [2.45, 2.75) is 26.0 Å². The lowest BCUT2D eigenvalue weighted by atomic mass is 10.3. The van der Waals surface area contributed by atoms with Gasteiger partial charge < -0.3 is 14.6 Å². The number of aromatic nitrogens is 1. The van der Waals surface area contributed by atoms with Crippen LogP contribution < -0.4 is 10.6 Å². The van der Waals surface area contributed by atoms with Gasteiger partial charge in [0.25, 0.3) is 0 Å². The van der Waals surface area contributed by atoms with E-state index in [1.807, 2.05) is 0 Å². The lowest BCUT2D eigenvalue weighted by molar-refractivity contribution is 0.0928. The highest BCUT2D eigenvalue weighted by Crippen LogP contribution is 2.10. The Balaban J connectivity index is 1.81. The highest BCUT2D eigenvalue weighted by molar-refractivity contribution is 5.88. The minimum atomic E-state index is -0.324. The van der Waals surface area contributed by atoms with E-state index in [1.165, 1.54) is 0 Å². The van der Waals surface area contributed by atoms with Crippen LogP contribution in [0.4, 0.5) is 10.6 Å². The molecule has 0 radical (unpaired) electrons. The van der Waals surface area contributed by atoms with E-state index in [0.717, 1.165) is 12.8 Å². The monoisotopic (exact) mass is 211 g/mol. The standard InChI is InChI=1S/C9H13N3O3/c1-6-5-7(12-15-6)10-9(13)11-8-3-2-4-14-8/h5,8H,2-4H2,1H3,(H2,10,11,12,13). The summed E-state index contributed by atoms with van der Waals surface area (Å²) in [6, 6.07) is 1.32. The van der Waals surface area contributed by atoms with Gasteiger partial charge in [-0.15, -0.1) is 0 Å². The fourth-order valence-corrected chi connectivity index (χ4v) is 1.42. The van der Waals surface area contributed by atoms with Crippen LogP contribution in [0.5, 0.6) is 0 Å². The van der Waals surface area contributed by atoms with E-state index >= 15 is 0 Å². The van der Waals surface area contributed by atoms with Gasteiger partial charge in [-0.2, -0.15) is 0 Å². The zero-order valence-corrected chi connectivity index (χ0v) is 8.45. The van der Waals surface area contributed by atoms with Crippen LogP contribution in [0.25, 0.3) is 0 Å². The summed E-state index contributed by atoms with van der Waals surface area (Å²) in [5.41, 5.74) is 0. The van der Waals surface area contributed by atoms with Crippen molar-refractivity contribution in [3.63, 3.8) is 0 Å². The van der Waals surface area contributed by atoms with Crippen LogP contribution in [0, 0.1) is 6.92 Å². The van der Waals surface area contributed by atoms with Gasteiger partial charge in [-0.3, -0.25) is 5.32 Å². The van der Waals surface area contributed by atoms with E-state index in [0.29, 0.717) is 18.2 Å². The van der Waals surface area contributed by atoms with Crippen molar-refractivity contribution in [2.75, 3.05) is 11.9 Å². The maximum atomic E-state index is 11.4. The zero-order valence-electron chi connectivity index (χ0n) is 8.45. The minimum Gasteiger partial charge on any atom is -0.360 e. The Kier molecular flexibility index (Phi) is 2.86. The van der Waals surface area contributed by atoms with Gasteiger partial charge in [-0.1, -0.05) is 5.16 Å². The molecule has 6 heteroatoms. The van der Waals surface area contributed by atoms with Crippen LogP contribution in [0.2, 0.25) is 0 Å². The quantitative estimate of drug-likeness (QED) is 0.771. The van der Waals surface area contributed by atoms with Gasteiger partial charge in [-0.25, -0.2) is 4.79 Å². The molecule has 1 unspecified atom stereocenters. The third-order valence-electron chi connectivity index (χ3n) is 2.09. The van der Waals surface area contributed by atoms with E-state index in [-0.39, 0.29) is 12.3 Å². The lowest BCUT2D eigenvalue weighted by Crippen LogP contribution is -2.37. The molecule has 0 aliphatic carbocycles. The van der Waals surface area contributed by atoms with Crippen LogP contribution in [-0.2, 0) is 4.74 Å². The number of hydrogen-bond acceptors (Lipinski definition) is 4. The molecular weight excluding hydrogens is 198 g/mol. The Hall–Kier alpha value is -1.56. The van der Waals surface area contributed by atoms with Gasteiger partial charge >= 0.3 is 6.03 Å². The maximum absolute atomic E-state index is 11.4. The predicted octanol–water partition coefficient (Wildman–Crippen LogP) is 1.24. The number of rotatable bonds is 2. The number of carbonyl (C=O) groups excluding carboxylic acids is 1. The molecule has 0 bridgehead atoms. The highest BCUT2D eigenvalue weighted by atomic mass is 16.5. The molecule has 1 aliphatic heterocycles. The van der Waals surface area contributed by atoms with E-state index < -0.39 is 0 Å². The molecule has 0 saturated carbocycles. The molecule has 2 heterocycles. The molecule has 1 fully saturated rings. The molecule has 2 rings (SSSR count). The lowest BCUT2D eigenvalue weighted by Gasteiger charge is -2.11. The van der Waals surface area contributed by atoms with Crippen LogP contribution in [0.1, 0.15) is 18.6 Å². The third-order valence-corrected chi connectivity index (χ3v) is 2.09. The zero-order chi connectivity index (χ0) is 10.7. The molecule has 0 spiro atoms. The molecule has 1 aliphatic rings. The van der Waals surface area contributed by atoms with Gasteiger partial charge in [0.1, 0.15) is 12.0 Å². The Labute approximate surface area is 87.0 Å². The first kappa shape index (κ1) is 9.97. The average Bonchev–Trinajstić information content (AvgIpc) is 2.77. The molecule has 1 atom stereocenters. The van der Waals surface area contributed by atoms with Crippen LogP contribution in [0.3, 0.4) is 0 Å². The largest absolute Gasteiger partial charge is 0.360 e. The average molecular weight is 211 g/mol. The van der Waals surface area contributed by atoms with Gasteiger partial charge in [0.05, 0.1) is 0 Å². The molecular formula is C9H13N3O3. The second kappa shape index (κ2) is 4.31. The summed E-state index contributed by atoms with van der Waals surface area (Å²) in [6.07, 6.45) is 1.65. The number of aryl methyl sites for hydroxylation is 1. The molecule has 15 heavy (non-hydrogen) atoms. The number of anilines is 1.